The van der Waals surface area contributed by atoms with E-state index in [-0.39, 0.29) is 6.09 Å². The third-order valence-corrected chi connectivity index (χ3v) is 2.81. The van der Waals surface area contributed by atoms with E-state index in [0.717, 1.165) is 17.3 Å². The minimum absolute atomic E-state index is 0.382. The molecule has 0 atom stereocenters. The second-order valence-electron chi connectivity index (χ2n) is 5.87. The molecule has 1 amide bonds. The molecule has 21 heavy (non-hydrogen) atoms. The van der Waals surface area contributed by atoms with Crippen molar-refractivity contribution in [1.82, 2.24) is 9.97 Å². The minimum atomic E-state index is -0.530. The summed E-state index contributed by atoms with van der Waals surface area (Å²) in [6.07, 6.45) is 3.89. The summed E-state index contributed by atoms with van der Waals surface area (Å²) in [5, 5.41) is 0.946. The lowest BCUT2D eigenvalue weighted by Crippen LogP contribution is -2.37. The number of pyridine rings is 2. The van der Waals surface area contributed by atoms with Crippen molar-refractivity contribution in [3.05, 3.63) is 30.6 Å². The van der Waals surface area contributed by atoms with Crippen molar-refractivity contribution in [2.75, 3.05) is 11.4 Å². The molecule has 2 rings (SSSR count). The average Bonchev–Trinajstić information content (AvgIpc) is 2.42. The number of carbonyl (C=O) groups is 1. The third-order valence-electron chi connectivity index (χ3n) is 2.81. The van der Waals surface area contributed by atoms with Crippen LogP contribution in [0.2, 0.25) is 0 Å². The number of fused-ring (bicyclic) bond motifs is 1. The van der Waals surface area contributed by atoms with E-state index in [2.05, 4.69) is 9.97 Å². The van der Waals surface area contributed by atoms with E-state index in [9.17, 15) is 4.79 Å². The molecule has 0 aliphatic heterocycles. The zero-order valence-corrected chi connectivity index (χ0v) is 13.0. The molecular weight excluding hydrogens is 266 g/mol. The van der Waals surface area contributed by atoms with Gasteiger partial charge in [-0.2, -0.15) is 0 Å². The van der Waals surface area contributed by atoms with Gasteiger partial charge in [0.15, 0.2) is 0 Å². The SMILES string of the molecule is CCCN(C(=O)OC(C)(C)C)c1cc2ncccc2cn1. The van der Waals surface area contributed by atoms with Crippen LogP contribution in [0.15, 0.2) is 30.6 Å². The number of nitrogens with zero attached hydrogens (tertiary/aromatic N) is 3. The van der Waals surface area contributed by atoms with Crippen LogP contribution in [0, 0.1) is 0 Å². The molecule has 5 heteroatoms. The van der Waals surface area contributed by atoms with Crippen LogP contribution in [0.5, 0.6) is 0 Å². The van der Waals surface area contributed by atoms with Gasteiger partial charge in [-0.3, -0.25) is 9.88 Å². The first-order valence-corrected chi connectivity index (χ1v) is 7.12. The van der Waals surface area contributed by atoms with Gasteiger partial charge in [0.1, 0.15) is 11.4 Å². The Morgan fingerprint density at radius 2 is 2.10 bits per heavy atom. The van der Waals surface area contributed by atoms with Crippen molar-refractivity contribution in [1.29, 1.82) is 0 Å². The zero-order valence-electron chi connectivity index (χ0n) is 13.0. The van der Waals surface area contributed by atoms with Gasteiger partial charge in [-0.15, -0.1) is 0 Å². The zero-order chi connectivity index (χ0) is 15.5. The third kappa shape index (κ3) is 3.90. The van der Waals surface area contributed by atoms with Gasteiger partial charge in [0.05, 0.1) is 5.52 Å². The van der Waals surface area contributed by atoms with E-state index in [1.54, 1.807) is 17.3 Å². The molecule has 2 heterocycles. The van der Waals surface area contributed by atoms with Crippen LogP contribution in [0.4, 0.5) is 10.6 Å². The highest BCUT2D eigenvalue weighted by atomic mass is 16.6. The molecule has 0 radical (unpaired) electrons. The molecule has 2 aromatic rings. The summed E-state index contributed by atoms with van der Waals surface area (Å²) in [7, 11) is 0. The lowest BCUT2D eigenvalue weighted by Gasteiger charge is -2.26. The van der Waals surface area contributed by atoms with Gasteiger partial charge in [-0.1, -0.05) is 6.92 Å². The summed E-state index contributed by atoms with van der Waals surface area (Å²) in [5.74, 6) is 0.567. The molecule has 0 saturated carbocycles. The van der Waals surface area contributed by atoms with Crippen molar-refractivity contribution in [3.8, 4) is 0 Å². The number of aromatic nitrogens is 2. The maximum Gasteiger partial charge on any atom is 0.416 e. The summed E-state index contributed by atoms with van der Waals surface area (Å²) in [4.78, 5) is 22.5. The lowest BCUT2D eigenvalue weighted by molar-refractivity contribution is 0.0579. The van der Waals surface area contributed by atoms with Crippen LogP contribution in [0.3, 0.4) is 0 Å². The van der Waals surface area contributed by atoms with Gasteiger partial charge in [-0.05, 0) is 39.3 Å². The Kier molecular flexibility index (Phi) is 4.40. The predicted octanol–water partition coefficient (Wildman–Crippen LogP) is 3.78. The molecule has 0 spiro atoms. The fourth-order valence-corrected chi connectivity index (χ4v) is 1.94. The highest BCUT2D eigenvalue weighted by Gasteiger charge is 2.23. The molecule has 0 aromatic carbocycles. The minimum Gasteiger partial charge on any atom is -0.443 e. The first-order chi connectivity index (χ1) is 9.90. The molecule has 0 bridgehead atoms. The second-order valence-corrected chi connectivity index (χ2v) is 5.87. The highest BCUT2D eigenvalue weighted by molar-refractivity contribution is 5.89. The average molecular weight is 287 g/mol. The Labute approximate surface area is 125 Å². The van der Waals surface area contributed by atoms with Crippen LogP contribution in [0.25, 0.3) is 10.9 Å². The maximum absolute atomic E-state index is 12.3. The largest absolute Gasteiger partial charge is 0.443 e. The Balaban J connectivity index is 2.33. The van der Waals surface area contributed by atoms with Crippen molar-refractivity contribution in [3.63, 3.8) is 0 Å². The second kappa shape index (κ2) is 6.08. The predicted molar refractivity (Wildman–Crippen MR) is 83.4 cm³/mol. The fourth-order valence-electron chi connectivity index (χ4n) is 1.94. The lowest BCUT2D eigenvalue weighted by atomic mass is 10.2. The van der Waals surface area contributed by atoms with Gasteiger partial charge < -0.3 is 4.74 Å². The van der Waals surface area contributed by atoms with Gasteiger partial charge in [-0.25, -0.2) is 9.78 Å². The monoisotopic (exact) mass is 287 g/mol. The van der Waals surface area contributed by atoms with Crippen molar-refractivity contribution in [2.45, 2.75) is 39.7 Å². The Bertz CT molecular complexity index is 635. The molecule has 0 aliphatic carbocycles. The van der Waals surface area contributed by atoms with Gasteiger partial charge >= 0.3 is 6.09 Å². The molecule has 5 nitrogen and oxygen atoms in total. The van der Waals surface area contributed by atoms with Crippen LogP contribution in [-0.2, 0) is 4.74 Å². The van der Waals surface area contributed by atoms with E-state index < -0.39 is 5.60 Å². The number of ether oxygens (including phenoxy) is 1. The highest BCUT2D eigenvalue weighted by Crippen LogP contribution is 2.20. The van der Waals surface area contributed by atoms with E-state index >= 15 is 0 Å². The van der Waals surface area contributed by atoms with Crippen LogP contribution in [0.1, 0.15) is 34.1 Å². The summed E-state index contributed by atoms with van der Waals surface area (Å²) in [5.41, 5.74) is 0.283. The molecule has 0 saturated heterocycles. The van der Waals surface area contributed by atoms with E-state index in [1.165, 1.54) is 0 Å². The summed E-state index contributed by atoms with van der Waals surface area (Å²) in [6.45, 7) is 8.12. The topological polar surface area (TPSA) is 55.3 Å². The van der Waals surface area contributed by atoms with Gasteiger partial charge in [0.2, 0.25) is 0 Å². The van der Waals surface area contributed by atoms with Crippen molar-refractivity contribution >= 4 is 22.8 Å². The number of hydrogen-bond acceptors (Lipinski definition) is 4. The first-order valence-electron chi connectivity index (χ1n) is 7.12. The number of rotatable bonds is 3. The standard InChI is InChI=1S/C16H21N3O2/c1-5-9-19(15(20)21-16(2,3)4)14-10-13-12(11-18-14)7-6-8-17-13/h6-8,10-11H,5,9H2,1-4H3. The number of carbonyl (C=O) groups excluding carboxylic acids is 1. The number of hydrogen-bond donors (Lipinski definition) is 0. The first kappa shape index (κ1) is 15.2. The molecule has 2 aromatic heterocycles. The summed E-state index contributed by atoms with van der Waals surface area (Å²) >= 11 is 0. The summed E-state index contributed by atoms with van der Waals surface area (Å²) in [6, 6.07) is 5.62. The molecule has 0 fully saturated rings. The van der Waals surface area contributed by atoms with Gasteiger partial charge in [0.25, 0.3) is 0 Å². The Hall–Kier alpha value is -2.17. The number of amides is 1. The molecule has 112 valence electrons. The Morgan fingerprint density at radius 1 is 1.33 bits per heavy atom. The van der Waals surface area contributed by atoms with E-state index in [4.69, 9.17) is 4.74 Å². The molecule has 0 N–H and O–H groups in total. The summed E-state index contributed by atoms with van der Waals surface area (Å²) < 4.78 is 5.45. The van der Waals surface area contributed by atoms with Crippen molar-refractivity contribution < 1.29 is 9.53 Å². The van der Waals surface area contributed by atoms with Crippen molar-refractivity contribution in [2.24, 2.45) is 0 Å². The normalized spacial score (nSPS) is 11.4. The quantitative estimate of drug-likeness (QED) is 0.862. The van der Waals surface area contributed by atoms with E-state index in [1.807, 2.05) is 45.9 Å². The molecule has 0 unspecified atom stereocenters. The smallest absolute Gasteiger partial charge is 0.416 e. The fraction of sp³-hybridized carbons (Fsp3) is 0.438. The number of anilines is 1. The van der Waals surface area contributed by atoms with Crippen LogP contribution < -0.4 is 4.90 Å². The van der Waals surface area contributed by atoms with Crippen LogP contribution >= 0.6 is 0 Å². The van der Waals surface area contributed by atoms with E-state index in [0.29, 0.717) is 12.4 Å². The van der Waals surface area contributed by atoms with Gasteiger partial charge in [0, 0.05) is 30.4 Å². The maximum atomic E-state index is 12.3. The molecule has 0 aliphatic rings. The Morgan fingerprint density at radius 3 is 2.76 bits per heavy atom. The molecular formula is C16H21N3O2. The van der Waals surface area contributed by atoms with Crippen LogP contribution in [-0.4, -0.2) is 28.2 Å².